The van der Waals surface area contributed by atoms with Crippen molar-refractivity contribution >= 4 is 5.69 Å². The smallest absolute Gasteiger partial charge is 0.252 e. The molecule has 88 valence electrons. The van der Waals surface area contributed by atoms with Gasteiger partial charge in [0.25, 0.3) is 5.69 Å². The van der Waals surface area contributed by atoms with E-state index in [1.807, 2.05) is 0 Å². The highest BCUT2D eigenvalue weighted by Gasteiger charge is 2.26. The number of anilines is 1. The van der Waals surface area contributed by atoms with E-state index >= 15 is 0 Å². The van der Waals surface area contributed by atoms with Gasteiger partial charge in [-0.2, -0.15) is 0 Å². The van der Waals surface area contributed by atoms with Crippen molar-refractivity contribution in [2.75, 3.05) is 4.90 Å². The lowest BCUT2D eigenvalue weighted by molar-refractivity contribution is -2.00. The highest BCUT2D eigenvalue weighted by atomic mass is 35.7. The van der Waals surface area contributed by atoms with Gasteiger partial charge in [0.05, 0.1) is 0 Å². The Morgan fingerprint density at radius 3 is 1.27 bits per heavy atom. The Morgan fingerprint density at radius 2 is 1.20 bits per heavy atom. The van der Waals surface area contributed by atoms with Crippen LogP contribution < -0.4 is 23.5 Å². The molecule has 0 amide bonds. The van der Waals surface area contributed by atoms with E-state index in [9.17, 15) is 0 Å². The minimum atomic E-state index is -4.94. The maximum absolute atomic E-state index is 8.49. The Balaban J connectivity index is 0.000000336. The van der Waals surface area contributed by atoms with Gasteiger partial charge in [-0.15, -0.1) is 10.2 Å². The molecule has 0 spiro atoms. The molecule has 0 saturated carbocycles. The van der Waals surface area contributed by atoms with Gasteiger partial charge in [-0.05, 0) is 27.7 Å². The fourth-order valence-corrected chi connectivity index (χ4v) is 1.40. The van der Waals surface area contributed by atoms with Crippen LogP contribution in [0.15, 0.2) is 12.1 Å². The van der Waals surface area contributed by atoms with Gasteiger partial charge < -0.3 is 0 Å². The predicted octanol–water partition coefficient (Wildman–Crippen LogP) is -2.29. The van der Waals surface area contributed by atoms with Crippen LogP contribution in [0.2, 0.25) is 0 Å². The maximum Gasteiger partial charge on any atom is 0.252 e. The van der Waals surface area contributed by atoms with Crippen LogP contribution in [-0.4, -0.2) is 12.1 Å². The van der Waals surface area contributed by atoms with Gasteiger partial charge in [-0.3, -0.25) is 4.90 Å². The summed E-state index contributed by atoms with van der Waals surface area (Å²) in [5.74, 6) is 0. The molecule has 15 heavy (non-hydrogen) atoms. The van der Waals surface area contributed by atoms with E-state index in [0.29, 0.717) is 12.1 Å². The first kappa shape index (κ1) is 14.5. The summed E-state index contributed by atoms with van der Waals surface area (Å²) in [4.78, 5) is 2.42. The first-order valence-corrected chi connectivity index (χ1v) is 5.81. The molecule has 1 aromatic carbocycles. The van der Waals surface area contributed by atoms with E-state index in [0.717, 1.165) is 0 Å². The predicted molar refractivity (Wildman–Crippen MR) is 46.0 cm³/mol. The van der Waals surface area contributed by atoms with Crippen molar-refractivity contribution in [1.29, 1.82) is 0 Å². The minimum Gasteiger partial charge on any atom is -0.294 e. The third-order valence-electron chi connectivity index (χ3n) is 1.73. The van der Waals surface area contributed by atoms with Gasteiger partial charge in [0, 0.05) is 12.1 Å². The Kier molecular flexibility index (Phi) is 5.41. The van der Waals surface area contributed by atoms with Crippen LogP contribution in [0.3, 0.4) is 0 Å². The van der Waals surface area contributed by atoms with Crippen molar-refractivity contribution in [3.05, 3.63) is 12.1 Å². The van der Waals surface area contributed by atoms with Crippen LogP contribution in [-0.2, 0) is 0 Å². The number of nitrogens with zero attached hydrogens (tertiary/aromatic N) is 1. The number of hydrogen-bond acceptors (Lipinski definition) is 5. The number of rotatable bonds is 3. The molecule has 0 saturated heterocycles. The summed E-state index contributed by atoms with van der Waals surface area (Å²) in [6.07, 6.45) is 0. The summed E-state index contributed by atoms with van der Waals surface area (Å²) in [5, 5.41) is 0. The van der Waals surface area contributed by atoms with Crippen LogP contribution in [0.25, 0.3) is 0 Å². The van der Waals surface area contributed by atoms with Gasteiger partial charge in [-0.25, -0.2) is 18.6 Å². The second kappa shape index (κ2) is 5.58. The van der Waals surface area contributed by atoms with Crippen molar-refractivity contribution < 1.29 is 28.9 Å². The van der Waals surface area contributed by atoms with E-state index < -0.39 is 10.2 Å². The molecule has 0 aromatic heterocycles. The highest BCUT2D eigenvalue weighted by Crippen LogP contribution is 2.25. The second-order valence-electron chi connectivity index (χ2n) is 3.73. The molecule has 0 bridgehead atoms. The van der Waals surface area contributed by atoms with Gasteiger partial charge in [0.1, 0.15) is 0 Å². The molecule has 0 aliphatic rings. The Labute approximate surface area is 92.0 Å². The van der Waals surface area contributed by atoms with Crippen molar-refractivity contribution in [2.45, 2.75) is 39.8 Å². The average Bonchev–Trinajstić information content (AvgIpc) is 2.64. The normalized spacial score (nSPS) is 11.9. The summed E-state index contributed by atoms with van der Waals surface area (Å²) in [7, 11) is -4.94. The van der Waals surface area contributed by atoms with Crippen molar-refractivity contribution in [2.24, 2.45) is 0 Å². The lowest BCUT2D eigenvalue weighted by Crippen LogP contribution is -2.68. The highest BCUT2D eigenvalue weighted by molar-refractivity contribution is 5.57. The lowest BCUT2D eigenvalue weighted by Gasteiger charge is -2.24. The van der Waals surface area contributed by atoms with E-state index in [2.05, 4.69) is 44.7 Å². The quantitative estimate of drug-likeness (QED) is 0.552. The van der Waals surface area contributed by atoms with Gasteiger partial charge >= 0.3 is 0 Å². The summed E-state index contributed by atoms with van der Waals surface area (Å²) in [6, 6.07) is 5.59. The minimum absolute atomic E-state index is 0.630. The van der Waals surface area contributed by atoms with Crippen LogP contribution >= 0.6 is 0 Å². The Hall–Kier alpha value is -0.460. The van der Waals surface area contributed by atoms with Gasteiger partial charge in [-0.1, -0.05) is 0 Å². The van der Waals surface area contributed by atoms with E-state index in [1.165, 1.54) is 5.69 Å². The molecule has 0 heterocycles. The van der Waals surface area contributed by atoms with E-state index in [4.69, 9.17) is 18.6 Å². The van der Waals surface area contributed by atoms with Crippen LogP contribution in [0.4, 0.5) is 5.69 Å². The molecular weight excluding hydrogens is 222 g/mol. The van der Waals surface area contributed by atoms with Crippen LogP contribution in [0, 0.1) is 10.2 Å². The standard InChI is InChI=1S/C9H16N.ClHO4/c1-7(2)10(8(3)4)9-5-6-9;2-1(3,4)5/h5-8H,1-4H3;(H,2,3,4,5)/q+1;/p-1. The SMILES string of the molecule is CC(C)N([c+]1cc1)C(C)C.[O-][Cl+3]([O-])([O-])[O-]. The molecule has 0 atom stereocenters. The first-order valence-electron chi connectivity index (χ1n) is 4.58. The fraction of sp³-hybridized carbons (Fsp3) is 0.667. The number of hydrogen-bond donors (Lipinski definition) is 0. The average molecular weight is 238 g/mol. The molecule has 0 aliphatic heterocycles. The molecule has 0 fully saturated rings. The monoisotopic (exact) mass is 237 g/mol. The van der Waals surface area contributed by atoms with Crippen molar-refractivity contribution in [3.8, 4) is 0 Å². The molecule has 1 rings (SSSR count). The molecule has 1 aromatic rings. The third kappa shape index (κ3) is 8.53. The second-order valence-corrected chi connectivity index (χ2v) is 4.49. The zero-order chi connectivity index (χ0) is 12.2. The maximum atomic E-state index is 8.49. The van der Waals surface area contributed by atoms with Crippen LogP contribution in [0.1, 0.15) is 27.7 Å². The van der Waals surface area contributed by atoms with Crippen molar-refractivity contribution in [3.63, 3.8) is 0 Å². The number of halogens is 1. The molecule has 6 heteroatoms. The zero-order valence-corrected chi connectivity index (χ0v) is 10.0. The fourth-order valence-electron chi connectivity index (χ4n) is 1.40. The Morgan fingerprint density at radius 1 is 0.933 bits per heavy atom. The van der Waals surface area contributed by atoms with Gasteiger partial charge in [0.15, 0.2) is 12.1 Å². The molecular formula is C9H16ClNO4. The molecule has 0 radical (unpaired) electrons. The molecule has 0 aliphatic carbocycles. The lowest BCUT2D eigenvalue weighted by atomic mass is 10.2. The molecule has 0 N–H and O–H groups in total. The summed E-state index contributed by atoms with van der Waals surface area (Å²) >= 11 is 0. The molecule has 0 unspecified atom stereocenters. The largest absolute Gasteiger partial charge is 0.294 e. The molecule has 5 nitrogen and oxygen atoms in total. The zero-order valence-electron chi connectivity index (χ0n) is 9.27. The Bertz CT molecular complexity index is 221. The topological polar surface area (TPSA) is 95.5 Å². The van der Waals surface area contributed by atoms with E-state index in [-0.39, 0.29) is 0 Å². The van der Waals surface area contributed by atoms with Crippen molar-refractivity contribution in [1.82, 2.24) is 0 Å². The van der Waals surface area contributed by atoms with Gasteiger partial charge in [0.2, 0.25) is 0 Å². The summed E-state index contributed by atoms with van der Waals surface area (Å²) in [5.41, 5.74) is 1.41. The summed E-state index contributed by atoms with van der Waals surface area (Å²) < 4.78 is 34.0. The summed E-state index contributed by atoms with van der Waals surface area (Å²) in [6.45, 7) is 8.92. The first-order chi connectivity index (χ1) is 6.63. The van der Waals surface area contributed by atoms with Crippen LogP contribution in [0.5, 0.6) is 0 Å². The third-order valence-corrected chi connectivity index (χ3v) is 1.73. The van der Waals surface area contributed by atoms with E-state index in [1.54, 1.807) is 0 Å².